The average molecular weight is 533 g/mol. The number of carbonyl (C=O) groups is 3. The molecule has 0 saturated carbocycles. The number of likely N-dealkylation sites (tertiary alicyclic amines) is 1. The third-order valence-corrected chi connectivity index (χ3v) is 6.45. The van der Waals surface area contributed by atoms with Crippen LogP contribution in [-0.4, -0.2) is 59.9 Å². The number of nitrogens with one attached hydrogen (secondary N) is 1. The van der Waals surface area contributed by atoms with Gasteiger partial charge in [-0.05, 0) is 23.3 Å². The first kappa shape index (κ1) is 26.4. The minimum absolute atomic E-state index is 0.0687. The van der Waals surface area contributed by atoms with Gasteiger partial charge in [0.05, 0.1) is 19.3 Å². The number of β-lactam (4-membered cyclic amide) rings is 1. The highest BCUT2D eigenvalue weighted by Gasteiger charge is 2.54. The van der Waals surface area contributed by atoms with Crippen LogP contribution >= 0.6 is 0 Å². The van der Waals surface area contributed by atoms with Crippen molar-refractivity contribution in [2.24, 2.45) is 0 Å². The highest BCUT2D eigenvalue weighted by Crippen LogP contribution is 2.41. The number of amides is 2. The molecule has 2 fully saturated rings. The van der Waals surface area contributed by atoms with Crippen LogP contribution in [0.1, 0.15) is 29.0 Å². The van der Waals surface area contributed by atoms with E-state index in [4.69, 9.17) is 18.9 Å². The van der Waals surface area contributed by atoms with E-state index in [0.29, 0.717) is 30.1 Å². The summed E-state index contributed by atoms with van der Waals surface area (Å²) in [6.07, 6.45) is -2.57. The van der Waals surface area contributed by atoms with Crippen LogP contribution in [0.4, 0.5) is 0 Å². The van der Waals surface area contributed by atoms with Crippen molar-refractivity contribution >= 4 is 17.8 Å². The van der Waals surface area contributed by atoms with Crippen LogP contribution in [-0.2, 0) is 35.2 Å². The first-order chi connectivity index (χ1) is 19.0. The van der Waals surface area contributed by atoms with Gasteiger partial charge >= 0.3 is 5.97 Å². The molecular weight excluding hydrogens is 504 g/mol. The summed E-state index contributed by atoms with van der Waals surface area (Å²) < 4.78 is 22.1. The van der Waals surface area contributed by atoms with Crippen molar-refractivity contribution in [1.82, 2.24) is 10.2 Å². The van der Waals surface area contributed by atoms with E-state index in [9.17, 15) is 19.5 Å². The van der Waals surface area contributed by atoms with Crippen LogP contribution in [0.5, 0.6) is 5.75 Å². The molecule has 2 saturated heterocycles. The normalized spacial score (nSPS) is 19.7. The Morgan fingerprint density at radius 2 is 1.54 bits per heavy atom. The summed E-state index contributed by atoms with van der Waals surface area (Å²) in [5.41, 5.74) is 1.92. The lowest BCUT2D eigenvalue weighted by Gasteiger charge is -2.49. The van der Waals surface area contributed by atoms with Gasteiger partial charge in [0, 0.05) is 5.56 Å². The zero-order valence-electron chi connectivity index (χ0n) is 21.0. The topological polar surface area (TPSA) is 124 Å². The van der Waals surface area contributed by atoms with Crippen LogP contribution in [0.2, 0.25) is 0 Å². The van der Waals surface area contributed by atoms with E-state index in [0.717, 1.165) is 10.5 Å². The number of ether oxygens (including phenoxy) is 4. The molecule has 3 atom stereocenters. The molecule has 2 N–H and O–H groups in total. The van der Waals surface area contributed by atoms with Crippen LogP contribution < -0.4 is 10.1 Å². The smallest absolute Gasteiger partial charge is 0.356 e. The molecule has 2 heterocycles. The molecule has 10 nitrogen and oxygen atoms in total. The Labute approximate surface area is 225 Å². The number of para-hydroxylation sites is 1. The van der Waals surface area contributed by atoms with Crippen LogP contribution in [0.3, 0.4) is 0 Å². The maximum atomic E-state index is 13.2. The molecular formula is C29H28N2O8. The fourth-order valence-corrected chi connectivity index (χ4v) is 4.58. The summed E-state index contributed by atoms with van der Waals surface area (Å²) in [7, 11) is 0. The molecule has 0 aliphatic carbocycles. The summed E-state index contributed by atoms with van der Waals surface area (Å²) >= 11 is 0. The maximum absolute atomic E-state index is 13.2. The zero-order valence-corrected chi connectivity index (χ0v) is 21.0. The molecule has 10 heteroatoms. The predicted octanol–water partition coefficient (Wildman–Crippen LogP) is 2.24. The molecule has 2 amide bonds. The monoisotopic (exact) mass is 532 g/mol. The van der Waals surface area contributed by atoms with Gasteiger partial charge in [0.1, 0.15) is 18.4 Å². The molecule has 5 rings (SSSR count). The van der Waals surface area contributed by atoms with Crippen molar-refractivity contribution in [2.45, 2.75) is 31.2 Å². The minimum Gasteiger partial charge on any atom is -0.484 e. The molecule has 39 heavy (non-hydrogen) atoms. The molecule has 202 valence electrons. The van der Waals surface area contributed by atoms with E-state index in [-0.39, 0.29) is 13.2 Å². The largest absolute Gasteiger partial charge is 0.484 e. The van der Waals surface area contributed by atoms with Gasteiger partial charge in [0.15, 0.2) is 12.9 Å². The fourth-order valence-electron chi connectivity index (χ4n) is 4.58. The average Bonchev–Trinajstić information content (AvgIpc) is 3.52. The van der Waals surface area contributed by atoms with Gasteiger partial charge in [-0.3, -0.25) is 14.5 Å². The van der Waals surface area contributed by atoms with E-state index >= 15 is 0 Å². The number of aliphatic hydroxyl groups excluding tert-OH is 1. The Kier molecular flexibility index (Phi) is 8.16. The highest BCUT2D eigenvalue weighted by molar-refractivity contribution is 5.96. The van der Waals surface area contributed by atoms with Gasteiger partial charge < -0.3 is 29.4 Å². The van der Waals surface area contributed by atoms with Crippen molar-refractivity contribution in [1.29, 1.82) is 0 Å². The Balaban J connectivity index is 1.34. The van der Waals surface area contributed by atoms with E-state index in [1.54, 1.807) is 72.8 Å². The Hall–Kier alpha value is -4.25. The lowest BCUT2D eigenvalue weighted by atomic mass is 9.85. The number of benzene rings is 3. The van der Waals surface area contributed by atoms with Gasteiger partial charge in [0.2, 0.25) is 6.23 Å². The summed E-state index contributed by atoms with van der Waals surface area (Å²) in [6.45, 7) is 0.412. The first-order valence-electron chi connectivity index (χ1n) is 12.5. The summed E-state index contributed by atoms with van der Waals surface area (Å²) in [6, 6.07) is 22.9. The van der Waals surface area contributed by atoms with E-state index in [1.165, 1.54) is 0 Å². The zero-order chi connectivity index (χ0) is 27.2. The third kappa shape index (κ3) is 5.93. The highest BCUT2D eigenvalue weighted by atomic mass is 16.7. The molecule has 0 bridgehead atoms. The number of rotatable bonds is 10. The molecule has 3 aromatic rings. The number of aliphatic hydroxyl groups is 1. The minimum atomic E-state index is -1.89. The second-order valence-corrected chi connectivity index (χ2v) is 9.01. The van der Waals surface area contributed by atoms with Crippen molar-refractivity contribution in [2.75, 3.05) is 19.8 Å². The van der Waals surface area contributed by atoms with Gasteiger partial charge in [-0.2, -0.15) is 0 Å². The molecule has 2 aliphatic heterocycles. The van der Waals surface area contributed by atoms with Gasteiger partial charge in [-0.25, -0.2) is 4.79 Å². The quantitative estimate of drug-likeness (QED) is 0.301. The molecule has 0 radical (unpaired) electrons. The molecule has 0 aromatic heterocycles. The Morgan fingerprint density at radius 1 is 0.923 bits per heavy atom. The molecule has 2 aliphatic rings. The molecule has 0 spiro atoms. The Bertz CT molecular complexity index is 1300. The van der Waals surface area contributed by atoms with Crippen molar-refractivity contribution < 1.29 is 38.4 Å². The van der Waals surface area contributed by atoms with Gasteiger partial charge in [-0.1, -0.05) is 72.8 Å². The van der Waals surface area contributed by atoms with E-state index in [1.807, 2.05) is 12.1 Å². The predicted molar refractivity (Wildman–Crippen MR) is 137 cm³/mol. The SMILES string of the molecule is O=C(COc1ccccc1)N[C@@H]1C(=O)N(C(O)C(=O)OCc2ccccc2)[C@@H]1c1ccccc1C1OCCO1. The maximum Gasteiger partial charge on any atom is 0.356 e. The second kappa shape index (κ2) is 12.1. The number of hydrogen-bond donors (Lipinski definition) is 2. The summed E-state index contributed by atoms with van der Waals surface area (Å²) in [5.74, 6) is -1.66. The fraction of sp³-hybridized carbons (Fsp3) is 0.276. The number of carbonyl (C=O) groups excluding carboxylic acids is 3. The number of nitrogens with zero attached hydrogens (tertiary/aromatic N) is 1. The van der Waals surface area contributed by atoms with E-state index in [2.05, 4.69) is 5.32 Å². The lowest BCUT2D eigenvalue weighted by Crippen LogP contribution is -2.69. The van der Waals surface area contributed by atoms with Gasteiger partial charge in [-0.15, -0.1) is 0 Å². The number of esters is 1. The standard InChI is InChI=1S/C29H28N2O8/c32-23(18-38-20-11-5-2-6-12-20)30-24-25(21-13-7-8-14-22(21)29-36-15-16-37-29)31(26(24)33)27(34)28(35)39-17-19-9-3-1-4-10-19/h1-14,24-25,27,29,34H,15-18H2,(H,30,32)/t24-,25+,27?/m0/s1. The first-order valence-corrected chi connectivity index (χ1v) is 12.5. The summed E-state index contributed by atoms with van der Waals surface area (Å²) in [5, 5.41) is 13.6. The molecule has 3 aromatic carbocycles. The second-order valence-electron chi connectivity index (χ2n) is 9.01. The van der Waals surface area contributed by atoms with Gasteiger partial charge in [0.25, 0.3) is 11.8 Å². The third-order valence-electron chi connectivity index (χ3n) is 6.45. The van der Waals surface area contributed by atoms with E-state index < -0.39 is 42.4 Å². The Morgan fingerprint density at radius 3 is 2.23 bits per heavy atom. The van der Waals surface area contributed by atoms with Crippen molar-refractivity contribution in [3.8, 4) is 5.75 Å². The summed E-state index contributed by atoms with van der Waals surface area (Å²) in [4.78, 5) is 39.8. The van der Waals surface area contributed by atoms with Crippen LogP contribution in [0, 0.1) is 0 Å². The van der Waals surface area contributed by atoms with Crippen LogP contribution in [0.25, 0.3) is 0 Å². The van der Waals surface area contributed by atoms with Crippen molar-refractivity contribution in [3.63, 3.8) is 0 Å². The number of hydrogen-bond acceptors (Lipinski definition) is 8. The van der Waals surface area contributed by atoms with Crippen LogP contribution in [0.15, 0.2) is 84.9 Å². The van der Waals surface area contributed by atoms with Crippen molar-refractivity contribution in [3.05, 3.63) is 102 Å². The molecule has 1 unspecified atom stereocenters. The lowest BCUT2D eigenvalue weighted by molar-refractivity contribution is -0.189.